The normalized spacial score (nSPS) is 17.3. The lowest BCUT2D eigenvalue weighted by Gasteiger charge is -2.33. The summed E-state index contributed by atoms with van der Waals surface area (Å²) >= 11 is 0. The molecule has 0 aliphatic carbocycles. The lowest BCUT2D eigenvalue weighted by molar-refractivity contribution is 0.390. The summed E-state index contributed by atoms with van der Waals surface area (Å²) < 4.78 is 7.62. The number of ether oxygens (including phenoxy) is 1. The molecule has 1 aliphatic heterocycles. The number of hydrogen-bond donors (Lipinski definition) is 0. The summed E-state index contributed by atoms with van der Waals surface area (Å²) in [6.45, 7) is 2.63. The van der Waals surface area contributed by atoms with Crippen molar-refractivity contribution in [3.8, 4) is 5.88 Å². The Morgan fingerprint density at radius 2 is 1.92 bits per heavy atom. The second kappa shape index (κ2) is 7.51. The predicted molar refractivity (Wildman–Crippen MR) is 98.3 cm³/mol. The molecule has 1 saturated heterocycles. The number of pyridine rings is 1. The third kappa shape index (κ3) is 3.37. The van der Waals surface area contributed by atoms with Gasteiger partial charge in [0.1, 0.15) is 5.82 Å². The van der Waals surface area contributed by atoms with Gasteiger partial charge in [-0.25, -0.2) is 15.0 Å². The van der Waals surface area contributed by atoms with Gasteiger partial charge in [0.05, 0.1) is 7.11 Å². The van der Waals surface area contributed by atoms with Crippen LogP contribution in [0.25, 0.3) is 0 Å². The van der Waals surface area contributed by atoms with Gasteiger partial charge < -0.3 is 14.2 Å². The van der Waals surface area contributed by atoms with E-state index in [2.05, 4.69) is 35.6 Å². The van der Waals surface area contributed by atoms with E-state index in [0.29, 0.717) is 11.8 Å². The van der Waals surface area contributed by atoms with Crippen LogP contribution in [0, 0.1) is 0 Å². The average molecular weight is 350 g/mol. The van der Waals surface area contributed by atoms with Crippen LogP contribution in [-0.4, -0.2) is 44.7 Å². The Hall–Kier alpha value is -2.96. The number of rotatable bonds is 5. The first-order valence-corrected chi connectivity index (χ1v) is 8.85. The van der Waals surface area contributed by atoms with Gasteiger partial charge in [-0.2, -0.15) is 0 Å². The fourth-order valence-electron chi connectivity index (χ4n) is 3.56. The molecule has 0 aromatic carbocycles. The Morgan fingerprint density at radius 3 is 2.77 bits per heavy atom. The molecule has 4 heterocycles. The zero-order valence-corrected chi connectivity index (χ0v) is 14.8. The number of nitrogens with zero attached hydrogens (tertiary/aromatic N) is 6. The molecule has 1 aliphatic rings. The molecule has 134 valence electrons. The summed E-state index contributed by atoms with van der Waals surface area (Å²) in [7, 11) is 1.64. The number of imidazole rings is 1. The van der Waals surface area contributed by atoms with Crippen molar-refractivity contribution in [1.82, 2.24) is 24.5 Å². The molecule has 0 unspecified atom stereocenters. The van der Waals surface area contributed by atoms with E-state index < -0.39 is 0 Å². The maximum atomic E-state index is 5.39. The summed E-state index contributed by atoms with van der Waals surface area (Å²) in [5, 5.41) is 0. The molecule has 0 spiro atoms. The largest absolute Gasteiger partial charge is 0.478 e. The third-order valence-corrected chi connectivity index (χ3v) is 4.78. The second-order valence-corrected chi connectivity index (χ2v) is 6.44. The number of methoxy groups -OCH3 is 1. The predicted octanol–water partition coefficient (Wildman–Crippen LogP) is 2.51. The topological polar surface area (TPSA) is 69.0 Å². The highest BCUT2D eigenvalue weighted by Crippen LogP contribution is 2.31. The minimum Gasteiger partial charge on any atom is -0.478 e. The van der Waals surface area contributed by atoms with Crippen LogP contribution >= 0.6 is 0 Å². The van der Waals surface area contributed by atoms with Gasteiger partial charge in [-0.3, -0.25) is 4.98 Å². The van der Waals surface area contributed by atoms with Gasteiger partial charge in [0.25, 0.3) is 5.88 Å². The van der Waals surface area contributed by atoms with Crippen molar-refractivity contribution >= 4 is 5.82 Å². The van der Waals surface area contributed by atoms with Gasteiger partial charge in [0, 0.05) is 62.7 Å². The Balaban J connectivity index is 1.55. The van der Waals surface area contributed by atoms with E-state index in [1.165, 1.54) is 5.56 Å². The van der Waals surface area contributed by atoms with Crippen LogP contribution in [0.4, 0.5) is 5.82 Å². The molecule has 4 rings (SSSR count). The summed E-state index contributed by atoms with van der Waals surface area (Å²) in [5.74, 6) is 2.86. The minimum absolute atomic E-state index is 0.354. The standard InChI is InChI=1S/C19H22N6O/c1-26-19-18(21-8-9-23-19)24-11-2-3-16(14-24)17-22-10-12-25(17)13-15-4-6-20-7-5-15/h4-10,12,16H,2-3,11,13-14H2,1H3/t16-/m1/s1. The Bertz CT molecular complexity index is 850. The quantitative estimate of drug-likeness (QED) is 0.704. The van der Waals surface area contributed by atoms with Crippen LogP contribution < -0.4 is 9.64 Å². The molecule has 3 aromatic rings. The molecule has 0 N–H and O–H groups in total. The number of hydrogen-bond acceptors (Lipinski definition) is 6. The van der Waals surface area contributed by atoms with E-state index in [1.54, 1.807) is 19.5 Å². The highest BCUT2D eigenvalue weighted by atomic mass is 16.5. The third-order valence-electron chi connectivity index (χ3n) is 4.78. The van der Waals surface area contributed by atoms with Gasteiger partial charge >= 0.3 is 0 Å². The van der Waals surface area contributed by atoms with E-state index in [9.17, 15) is 0 Å². The lowest BCUT2D eigenvalue weighted by atomic mass is 9.97. The van der Waals surface area contributed by atoms with Crippen LogP contribution in [0.1, 0.15) is 30.1 Å². The summed E-state index contributed by atoms with van der Waals surface area (Å²) in [6.07, 6.45) is 13.2. The maximum Gasteiger partial charge on any atom is 0.257 e. The summed E-state index contributed by atoms with van der Waals surface area (Å²) in [6, 6.07) is 4.09. The molecular weight excluding hydrogens is 328 g/mol. The fourth-order valence-corrected chi connectivity index (χ4v) is 3.56. The van der Waals surface area contributed by atoms with Crippen molar-refractivity contribution < 1.29 is 4.74 Å². The smallest absolute Gasteiger partial charge is 0.257 e. The minimum atomic E-state index is 0.354. The monoisotopic (exact) mass is 350 g/mol. The molecular formula is C19H22N6O. The van der Waals surface area contributed by atoms with Crippen LogP contribution in [0.15, 0.2) is 49.3 Å². The Morgan fingerprint density at radius 1 is 1.08 bits per heavy atom. The van der Waals surface area contributed by atoms with Crippen molar-refractivity contribution in [2.45, 2.75) is 25.3 Å². The summed E-state index contributed by atoms with van der Waals surface area (Å²) in [4.78, 5) is 19.8. The van der Waals surface area contributed by atoms with Crippen LogP contribution in [0.2, 0.25) is 0 Å². The van der Waals surface area contributed by atoms with E-state index in [4.69, 9.17) is 4.74 Å². The molecule has 0 saturated carbocycles. The lowest BCUT2D eigenvalue weighted by Crippen LogP contribution is -2.36. The zero-order chi connectivity index (χ0) is 17.8. The summed E-state index contributed by atoms with van der Waals surface area (Å²) in [5.41, 5.74) is 1.22. The number of aromatic nitrogens is 5. The first-order chi connectivity index (χ1) is 12.8. The molecule has 7 heteroatoms. The van der Waals surface area contributed by atoms with Gasteiger partial charge in [-0.05, 0) is 30.5 Å². The molecule has 0 bridgehead atoms. The highest BCUT2D eigenvalue weighted by molar-refractivity contribution is 5.48. The first kappa shape index (κ1) is 16.5. The van der Waals surface area contributed by atoms with Gasteiger partial charge in [-0.15, -0.1) is 0 Å². The molecule has 7 nitrogen and oxygen atoms in total. The molecule has 1 fully saturated rings. The second-order valence-electron chi connectivity index (χ2n) is 6.44. The SMILES string of the molecule is COc1nccnc1N1CCC[C@@H](c2nccn2Cc2ccncc2)C1. The van der Waals surface area contributed by atoms with Crippen molar-refractivity contribution in [3.63, 3.8) is 0 Å². The van der Waals surface area contributed by atoms with E-state index >= 15 is 0 Å². The number of piperidine rings is 1. The van der Waals surface area contributed by atoms with Gasteiger partial charge in [-0.1, -0.05) is 0 Å². The Labute approximate surface area is 152 Å². The first-order valence-electron chi connectivity index (χ1n) is 8.85. The molecule has 1 atom stereocenters. The fraction of sp³-hybridized carbons (Fsp3) is 0.368. The average Bonchev–Trinajstić information content (AvgIpc) is 3.17. The zero-order valence-electron chi connectivity index (χ0n) is 14.8. The van der Waals surface area contributed by atoms with Crippen molar-refractivity contribution in [3.05, 3.63) is 60.7 Å². The van der Waals surface area contributed by atoms with Crippen molar-refractivity contribution in [2.24, 2.45) is 0 Å². The van der Waals surface area contributed by atoms with Crippen molar-refractivity contribution in [1.29, 1.82) is 0 Å². The van der Waals surface area contributed by atoms with Gasteiger partial charge in [0.2, 0.25) is 0 Å². The number of anilines is 1. The van der Waals surface area contributed by atoms with E-state index in [-0.39, 0.29) is 0 Å². The van der Waals surface area contributed by atoms with E-state index in [0.717, 1.165) is 44.1 Å². The molecule has 0 radical (unpaired) electrons. The Kier molecular flexibility index (Phi) is 4.77. The van der Waals surface area contributed by atoms with Gasteiger partial charge in [0.15, 0.2) is 5.82 Å². The highest BCUT2D eigenvalue weighted by Gasteiger charge is 2.27. The maximum absolute atomic E-state index is 5.39. The molecule has 0 amide bonds. The van der Waals surface area contributed by atoms with Crippen LogP contribution in [-0.2, 0) is 6.54 Å². The van der Waals surface area contributed by atoms with Crippen LogP contribution in [0.5, 0.6) is 5.88 Å². The molecule has 3 aromatic heterocycles. The molecule has 26 heavy (non-hydrogen) atoms. The van der Waals surface area contributed by atoms with Crippen molar-refractivity contribution in [2.75, 3.05) is 25.1 Å². The van der Waals surface area contributed by atoms with E-state index in [1.807, 2.05) is 30.7 Å². The van der Waals surface area contributed by atoms with Crippen LogP contribution in [0.3, 0.4) is 0 Å².